The molecule has 0 radical (unpaired) electrons. The summed E-state index contributed by atoms with van der Waals surface area (Å²) < 4.78 is 18.5. The Bertz CT molecular complexity index is 1000. The van der Waals surface area contributed by atoms with Crippen LogP contribution in [0.5, 0.6) is 5.75 Å². The summed E-state index contributed by atoms with van der Waals surface area (Å²) in [6.07, 6.45) is 1.43. The highest BCUT2D eigenvalue weighted by molar-refractivity contribution is 9.10. The van der Waals surface area contributed by atoms with E-state index in [9.17, 15) is 18.8 Å². The lowest BCUT2D eigenvalue weighted by Crippen LogP contribution is -2.30. The molecular weight excluding hydrogens is 471 g/mol. The third kappa shape index (κ3) is 4.93. The molecule has 0 saturated carbocycles. The van der Waals surface area contributed by atoms with Crippen LogP contribution in [0.15, 0.2) is 46.6 Å². The lowest BCUT2D eigenvalue weighted by molar-refractivity contribution is -0.139. The fourth-order valence-electron chi connectivity index (χ4n) is 2.59. The zero-order valence-corrected chi connectivity index (χ0v) is 17.0. The van der Waals surface area contributed by atoms with Gasteiger partial charge in [-0.15, -0.1) is 0 Å². The van der Waals surface area contributed by atoms with Crippen molar-refractivity contribution in [3.63, 3.8) is 0 Å². The molecule has 0 atom stereocenters. The first-order valence-electron chi connectivity index (χ1n) is 8.17. The number of nitrogens with zero attached hydrogens (tertiary/aromatic N) is 1. The minimum atomic E-state index is -1.15. The van der Waals surface area contributed by atoms with E-state index in [1.165, 1.54) is 36.4 Å². The molecule has 0 aromatic heterocycles. The maximum atomic E-state index is 13.0. The number of nitrogens with one attached hydrogen (secondary N) is 1. The molecule has 29 heavy (non-hydrogen) atoms. The Morgan fingerprint density at radius 3 is 2.59 bits per heavy atom. The summed E-state index contributed by atoms with van der Waals surface area (Å²) in [6.45, 7) is -0.569. The molecule has 0 unspecified atom stereocenters. The van der Waals surface area contributed by atoms with Crippen LogP contribution in [0, 0.1) is 5.82 Å². The van der Waals surface area contributed by atoms with Gasteiger partial charge in [0.25, 0.3) is 5.91 Å². The molecule has 2 N–H and O–H groups in total. The van der Waals surface area contributed by atoms with Gasteiger partial charge in [-0.25, -0.2) is 14.0 Å². The number of carbonyl (C=O) groups is 3. The third-order valence-corrected chi connectivity index (χ3v) is 4.76. The molecule has 1 saturated heterocycles. The Morgan fingerprint density at radius 1 is 1.28 bits per heavy atom. The molecule has 2 aromatic rings. The molecule has 2 aromatic carbocycles. The molecular formula is C19H13BrClFN2O5. The highest BCUT2D eigenvalue weighted by Gasteiger charge is 2.33. The maximum absolute atomic E-state index is 13.0. The summed E-state index contributed by atoms with van der Waals surface area (Å²) in [4.78, 5) is 36.4. The summed E-state index contributed by atoms with van der Waals surface area (Å²) in [5.41, 5.74) is 1.12. The third-order valence-electron chi connectivity index (χ3n) is 3.89. The van der Waals surface area contributed by atoms with Crippen LogP contribution in [0.25, 0.3) is 6.08 Å². The van der Waals surface area contributed by atoms with Gasteiger partial charge in [-0.3, -0.25) is 9.69 Å². The number of rotatable bonds is 6. The second kappa shape index (κ2) is 8.62. The largest absolute Gasteiger partial charge is 0.479 e. The predicted octanol–water partition coefficient (Wildman–Crippen LogP) is 3.80. The highest BCUT2D eigenvalue weighted by atomic mass is 79.9. The average Bonchev–Trinajstić information content (AvgIpc) is 2.90. The van der Waals surface area contributed by atoms with Gasteiger partial charge in [0.1, 0.15) is 11.5 Å². The van der Waals surface area contributed by atoms with Gasteiger partial charge in [0, 0.05) is 0 Å². The summed E-state index contributed by atoms with van der Waals surface area (Å²) >= 11 is 9.37. The maximum Gasteiger partial charge on any atom is 0.341 e. The molecule has 1 heterocycles. The van der Waals surface area contributed by atoms with E-state index in [1.54, 1.807) is 6.07 Å². The molecule has 1 aliphatic rings. The number of hydrogen-bond acceptors (Lipinski definition) is 4. The van der Waals surface area contributed by atoms with Gasteiger partial charge in [0.15, 0.2) is 12.4 Å². The van der Waals surface area contributed by atoms with Crippen LogP contribution < -0.4 is 10.1 Å². The van der Waals surface area contributed by atoms with Crippen molar-refractivity contribution in [1.29, 1.82) is 0 Å². The fourth-order valence-corrected chi connectivity index (χ4v) is 3.58. The number of hydrogen-bond donors (Lipinski definition) is 2. The van der Waals surface area contributed by atoms with Crippen molar-refractivity contribution in [3.8, 4) is 5.75 Å². The van der Waals surface area contributed by atoms with Crippen LogP contribution in [0.3, 0.4) is 0 Å². The van der Waals surface area contributed by atoms with Crippen molar-refractivity contribution < 1.29 is 28.6 Å². The Hall–Kier alpha value is -2.91. The summed E-state index contributed by atoms with van der Waals surface area (Å²) in [6, 6.07) is 7.92. The number of aliphatic carboxylic acids is 1. The quantitative estimate of drug-likeness (QED) is 0.481. The van der Waals surface area contributed by atoms with Gasteiger partial charge in [-0.05, 0) is 57.4 Å². The fraction of sp³-hybridized carbons (Fsp3) is 0.105. The standard InChI is InChI=1S/C19H13BrClFN2O5/c20-13-5-11(6-14(21)17(13)29-9-16(25)26)7-15-18(27)24(19(28)23-15)8-10-1-3-12(22)4-2-10/h1-7H,8-9H2,(H,23,28)(H,25,26)/b15-7+. The topological polar surface area (TPSA) is 95.9 Å². The monoisotopic (exact) mass is 482 g/mol. The molecule has 0 aliphatic carbocycles. The summed E-state index contributed by atoms with van der Waals surface area (Å²) in [7, 11) is 0. The first kappa shape index (κ1) is 20.8. The first-order valence-corrected chi connectivity index (χ1v) is 9.34. The smallest absolute Gasteiger partial charge is 0.341 e. The van der Waals surface area contributed by atoms with E-state index < -0.39 is 30.3 Å². The second-order valence-corrected chi connectivity index (χ2v) is 7.26. The molecule has 150 valence electrons. The molecule has 0 spiro atoms. The number of carbonyl (C=O) groups excluding carboxylic acids is 2. The minimum absolute atomic E-state index is 0.00525. The molecule has 1 fully saturated rings. The molecule has 3 rings (SSSR count). The van der Waals surface area contributed by atoms with Crippen LogP contribution in [0.2, 0.25) is 5.02 Å². The van der Waals surface area contributed by atoms with Crippen LogP contribution in [-0.4, -0.2) is 34.5 Å². The molecule has 10 heteroatoms. The van der Waals surface area contributed by atoms with E-state index in [0.717, 1.165) is 4.90 Å². The van der Waals surface area contributed by atoms with Crippen molar-refractivity contribution >= 4 is 51.5 Å². The number of carboxylic acids is 1. The van der Waals surface area contributed by atoms with Gasteiger partial charge >= 0.3 is 12.0 Å². The van der Waals surface area contributed by atoms with Gasteiger partial charge in [-0.2, -0.15) is 0 Å². The SMILES string of the molecule is O=C(O)COc1c(Cl)cc(/C=C2/NC(=O)N(Cc3ccc(F)cc3)C2=O)cc1Br. The molecule has 7 nitrogen and oxygen atoms in total. The van der Waals surface area contributed by atoms with Gasteiger partial charge < -0.3 is 15.2 Å². The lowest BCUT2D eigenvalue weighted by Gasteiger charge is -2.11. The number of benzene rings is 2. The van der Waals surface area contributed by atoms with E-state index >= 15 is 0 Å². The van der Waals surface area contributed by atoms with E-state index in [0.29, 0.717) is 15.6 Å². The van der Waals surface area contributed by atoms with Gasteiger partial charge in [0.05, 0.1) is 16.0 Å². The number of urea groups is 1. The number of ether oxygens (including phenoxy) is 1. The second-order valence-electron chi connectivity index (χ2n) is 6.00. The predicted molar refractivity (Wildman–Crippen MR) is 106 cm³/mol. The zero-order chi connectivity index (χ0) is 21.1. The van der Waals surface area contributed by atoms with E-state index in [-0.39, 0.29) is 23.0 Å². The molecule has 1 aliphatic heterocycles. The number of amides is 3. The number of carboxylic acid groups (broad SMARTS) is 1. The van der Waals surface area contributed by atoms with Crippen LogP contribution in [-0.2, 0) is 16.1 Å². The van der Waals surface area contributed by atoms with Crippen molar-refractivity contribution in [2.75, 3.05) is 6.61 Å². The lowest BCUT2D eigenvalue weighted by atomic mass is 10.1. The Labute approximate surface area is 177 Å². The number of imide groups is 1. The first-order chi connectivity index (χ1) is 13.7. The van der Waals surface area contributed by atoms with Crippen LogP contribution >= 0.6 is 27.5 Å². The molecule has 3 amide bonds. The minimum Gasteiger partial charge on any atom is -0.479 e. The zero-order valence-electron chi connectivity index (χ0n) is 14.6. The molecule has 0 bridgehead atoms. The van der Waals surface area contributed by atoms with Crippen LogP contribution in [0.4, 0.5) is 9.18 Å². The van der Waals surface area contributed by atoms with Crippen molar-refractivity contribution in [2.45, 2.75) is 6.54 Å². The Balaban J connectivity index is 1.80. The Kier molecular flexibility index (Phi) is 6.19. The van der Waals surface area contributed by atoms with E-state index in [4.69, 9.17) is 21.4 Å². The highest BCUT2D eigenvalue weighted by Crippen LogP contribution is 2.35. The van der Waals surface area contributed by atoms with Crippen LogP contribution in [0.1, 0.15) is 11.1 Å². The van der Waals surface area contributed by atoms with E-state index in [1.807, 2.05) is 0 Å². The Morgan fingerprint density at radius 2 is 1.97 bits per heavy atom. The van der Waals surface area contributed by atoms with Crippen molar-refractivity contribution in [1.82, 2.24) is 10.2 Å². The summed E-state index contributed by atoms with van der Waals surface area (Å²) in [5, 5.41) is 11.3. The van der Waals surface area contributed by atoms with Gasteiger partial charge in [0.2, 0.25) is 0 Å². The number of halogens is 3. The average molecular weight is 484 g/mol. The van der Waals surface area contributed by atoms with Gasteiger partial charge in [-0.1, -0.05) is 23.7 Å². The normalized spacial score (nSPS) is 15.0. The van der Waals surface area contributed by atoms with Crippen molar-refractivity contribution in [3.05, 3.63) is 68.5 Å². The van der Waals surface area contributed by atoms with Crippen molar-refractivity contribution in [2.24, 2.45) is 0 Å². The van der Waals surface area contributed by atoms with E-state index in [2.05, 4.69) is 21.2 Å². The summed E-state index contributed by atoms with van der Waals surface area (Å²) in [5.74, 6) is -1.96.